The number of aromatic nitrogens is 2. The summed E-state index contributed by atoms with van der Waals surface area (Å²) in [5, 5.41) is 7.27. The molecule has 1 aliphatic rings. The number of carbonyl (C=O) groups is 1. The molecule has 0 aromatic carbocycles. The first-order valence-electron chi connectivity index (χ1n) is 7.27. The summed E-state index contributed by atoms with van der Waals surface area (Å²) in [6.07, 6.45) is 5.94. The highest BCUT2D eigenvalue weighted by atomic mass is 35.5. The number of nitrogens with zero attached hydrogens (tertiary/aromatic N) is 3. The molecular formula is C14H26ClN5O. The fourth-order valence-corrected chi connectivity index (χ4v) is 2.50. The van der Waals surface area contributed by atoms with Gasteiger partial charge in [-0.3, -0.25) is 9.48 Å². The molecule has 3 N–H and O–H groups in total. The first-order chi connectivity index (χ1) is 9.47. The van der Waals surface area contributed by atoms with Gasteiger partial charge in [0.15, 0.2) is 0 Å². The highest BCUT2D eigenvalue weighted by Gasteiger charge is 2.25. The summed E-state index contributed by atoms with van der Waals surface area (Å²) >= 11 is 0. The van der Waals surface area contributed by atoms with Crippen LogP contribution in [0.25, 0.3) is 0 Å². The van der Waals surface area contributed by atoms with Gasteiger partial charge in [-0.1, -0.05) is 13.8 Å². The van der Waals surface area contributed by atoms with Gasteiger partial charge in [0.25, 0.3) is 0 Å². The molecule has 1 aromatic rings. The molecule has 0 spiro atoms. The van der Waals surface area contributed by atoms with Gasteiger partial charge in [-0.15, -0.1) is 12.4 Å². The largest absolute Gasteiger partial charge is 0.367 e. The quantitative estimate of drug-likeness (QED) is 0.866. The molecule has 1 unspecified atom stereocenters. The van der Waals surface area contributed by atoms with Crippen LogP contribution in [0.5, 0.6) is 0 Å². The Hall–Kier alpha value is -1.27. The van der Waals surface area contributed by atoms with E-state index < -0.39 is 6.04 Å². The predicted molar refractivity (Wildman–Crippen MR) is 86.6 cm³/mol. The van der Waals surface area contributed by atoms with Crippen molar-refractivity contribution in [1.82, 2.24) is 15.1 Å². The minimum atomic E-state index is -0.427. The number of aryl methyl sites for hydroxylation is 1. The molecule has 0 bridgehead atoms. The molecule has 0 saturated carbocycles. The van der Waals surface area contributed by atoms with Gasteiger partial charge in [0.1, 0.15) is 0 Å². The third-order valence-corrected chi connectivity index (χ3v) is 3.85. The summed E-state index contributed by atoms with van der Waals surface area (Å²) in [7, 11) is 1.91. The number of halogens is 1. The molecule has 21 heavy (non-hydrogen) atoms. The van der Waals surface area contributed by atoms with Crippen molar-refractivity contribution in [1.29, 1.82) is 0 Å². The van der Waals surface area contributed by atoms with Crippen molar-refractivity contribution in [3.05, 3.63) is 12.4 Å². The number of nitrogens with one attached hydrogen (secondary N) is 1. The maximum Gasteiger partial charge on any atom is 0.237 e. The molecule has 1 aromatic heterocycles. The highest BCUT2D eigenvalue weighted by Crippen LogP contribution is 2.19. The second-order valence-corrected chi connectivity index (χ2v) is 5.94. The fourth-order valence-electron chi connectivity index (χ4n) is 2.50. The van der Waals surface area contributed by atoms with Crippen LogP contribution < -0.4 is 16.0 Å². The smallest absolute Gasteiger partial charge is 0.237 e. The Bertz CT molecular complexity index is 462. The zero-order chi connectivity index (χ0) is 14.7. The number of hydrogen-bond acceptors (Lipinski definition) is 4. The topological polar surface area (TPSA) is 76.2 Å². The molecular weight excluding hydrogens is 290 g/mol. The Kier molecular flexibility index (Phi) is 6.48. The molecule has 0 aliphatic carbocycles. The summed E-state index contributed by atoms with van der Waals surface area (Å²) in [5.74, 6) is 0.117. The first-order valence-corrected chi connectivity index (χ1v) is 7.27. The maximum absolute atomic E-state index is 12.0. The van der Waals surface area contributed by atoms with E-state index in [0.717, 1.165) is 31.6 Å². The van der Waals surface area contributed by atoms with Crippen molar-refractivity contribution in [2.24, 2.45) is 18.7 Å². The van der Waals surface area contributed by atoms with Gasteiger partial charge in [-0.2, -0.15) is 5.10 Å². The van der Waals surface area contributed by atoms with Crippen LogP contribution in [0.3, 0.4) is 0 Å². The number of piperidine rings is 1. The molecule has 1 aliphatic heterocycles. The molecule has 120 valence electrons. The first kappa shape index (κ1) is 17.8. The van der Waals surface area contributed by atoms with Crippen LogP contribution in [0.2, 0.25) is 0 Å². The van der Waals surface area contributed by atoms with Crippen LogP contribution in [0.4, 0.5) is 5.69 Å². The third-order valence-electron chi connectivity index (χ3n) is 3.85. The lowest BCUT2D eigenvalue weighted by molar-refractivity contribution is -0.124. The van der Waals surface area contributed by atoms with E-state index in [0.29, 0.717) is 0 Å². The van der Waals surface area contributed by atoms with E-state index in [4.69, 9.17) is 5.73 Å². The normalized spacial score (nSPS) is 20.0. The molecule has 1 saturated heterocycles. The Morgan fingerprint density at radius 1 is 1.52 bits per heavy atom. The number of hydrogen-bond donors (Lipinski definition) is 2. The van der Waals surface area contributed by atoms with Crippen LogP contribution in [0.1, 0.15) is 26.7 Å². The van der Waals surface area contributed by atoms with Crippen LogP contribution in [-0.4, -0.2) is 40.9 Å². The molecule has 0 radical (unpaired) electrons. The summed E-state index contributed by atoms with van der Waals surface area (Å²) in [6.45, 7) is 5.76. The molecule has 2 heterocycles. The summed E-state index contributed by atoms with van der Waals surface area (Å²) < 4.78 is 1.80. The van der Waals surface area contributed by atoms with Crippen molar-refractivity contribution >= 4 is 24.0 Å². The number of amides is 1. The molecule has 2 rings (SSSR count). The Morgan fingerprint density at radius 2 is 2.24 bits per heavy atom. The number of rotatable bonds is 4. The second kappa shape index (κ2) is 7.66. The zero-order valence-electron chi connectivity index (χ0n) is 13.0. The Morgan fingerprint density at radius 3 is 2.81 bits per heavy atom. The highest BCUT2D eigenvalue weighted by molar-refractivity contribution is 5.85. The Labute approximate surface area is 132 Å². The fraction of sp³-hybridized carbons (Fsp3) is 0.714. The van der Waals surface area contributed by atoms with Crippen LogP contribution >= 0.6 is 12.4 Å². The molecule has 1 amide bonds. The number of carbonyl (C=O) groups excluding carboxylic acids is 1. The van der Waals surface area contributed by atoms with E-state index in [1.807, 2.05) is 33.3 Å². The summed E-state index contributed by atoms with van der Waals surface area (Å²) in [4.78, 5) is 14.3. The predicted octanol–water partition coefficient (Wildman–Crippen LogP) is 0.910. The van der Waals surface area contributed by atoms with Crippen LogP contribution in [0.15, 0.2) is 12.4 Å². The van der Waals surface area contributed by atoms with Crippen molar-refractivity contribution < 1.29 is 4.79 Å². The van der Waals surface area contributed by atoms with Gasteiger partial charge in [0.05, 0.1) is 17.9 Å². The van der Waals surface area contributed by atoms with Crippen molar-refractivity contribution in [3.8, 4) is 0 Å². The van der Waals surface area contributed by atoms with E-state index in [1.54, 1.807) is 4.68 Å². The van der Waals surface area contributed by atoms with Gasteiger partial charge in [0.2, 0.25) is 5.91 Å². The van der Waals surface area contributed by atoms with E-state index in [9.17, 15) is 4.79 Å². The summed E-state index contributed by atoms with van der Waals surface area (Å²) in [5.41, 5.74) is 7.00. The SMILES string of the molecule is CC(C)[C@H](N)C(=O)NC1CCCN(c2cnn(C)c2)C1.Cl. The van der Waals surface area contributed by atoms with Crippen molar-refractivity contribution in [3.63, 3.8) is 0 Å². The average Bonchev–Trinajstić information content (AvgIpc) is 2.84. The van der Waals surface area contributed by atoms with E-state index in [1.165, 1.54) is 0 Å². The van der Waals surface area contributed by atoms with E-state index >= 15 is 0 Å². The van der Waals surface area contributed by atoms with Crippen molar-refractivity contribution in [2.45, 2.75) is 38.8 Å². The maximum atomic E-state index is 12.0. The standard InChI is InChI=1S/C14H25N5O.ClH/c1-10(2)13(15)14(20)17-11-5-4-6-19(8-11)12-7-16-18(3)9-12;/h7,9-11,13H,4-6,8,15H2,1-3H3,(H,17,20);1H/t11?,13-;/m0./s1. The average molecular weight is 316 g/mol. The minimum absolute atomic E-state index is 0. The van der Waals surface area contributed by atoms with Gasteiger partial charge in [-0.05, 0) is 18.8 Å². The summed E-state index contributed by atoms with van der Waals surface area (Å²) in [6, 6.07) is -0.259. The molecule has 1 fully saturated rings. The Balaban J connectivity index is 0.00000220. The lowest BCUT2D eigenvalue weighted by atomic mass is 10.0. The van der Waals surface area contributed by atoms with Gasteiger partial charge in [-0.25, -0.2) is 0 Å². The monoisotopic (exact) mass is 315 g/mol. The number of nitrogens with two attached hydrogens (primary N) is 1. The van der Waals surface area contributed by atoms with E-state index in [-0.39, 0.29) is 30.3 Å². The lowest BCUT2D eigenvalue weighted by Crippen LogP contribution is -2.53. The van der Waals surface area contributed by atoms with Gasteiger partial charge >= 0.3 is 0 Å². The van der Waals surface area contributed by atoms with Crippen LogP contribution in [-0.2, 0) is 11.8 Å². The molecule has 2 atom stereocenters. The van der Waals surface area contributed by atoms with Crippen LogP contribution in [0, 0.1) is 5.92 Å². The lowest BCUT2D eigenvalue weighted by Gasteiger charge is -2.34. The second-order valence-electron chi connectivity index (χ2n) is 5.94. The van der Waals surface area contributed by atoms with Crippen molar-refractivity contribution in [2.75, 3.05) is 18.0 Å². The third kappa shape index (κ3) is 4.61. The number of anilines is 1. The molecule has 7 heteroatoms. The zero-order valence-corrected chi connectivity index (χ0v) is 13.8. The minimum Gasteiger partial charge on any atom is -0.367 e. The van der Waals surface area contributed by atoms with E-state index in [2.05, 4.69) is 15.3 Å². The van der Waals surface area contributed by atoms with Gasteiger partial charge in [0, 0.05) is 32.4 Å². The van der Waals surface area contributed by atoms with Gasteiger partial charge < -0.3 is 16.0 Å². The molecule has 6 nitrogen and oxygen atoms in total.